The molecular weight excluding hydrogens is 356 g/mol. The van der Waals surface area contributed by atoms with Gasteiger partial charge in [-0.05, 0) is 61.9 Å². The lowest BCUT2D eigenvalue weighted by molar-refractivity contribution is -0.114. The van der Waals surface area contributed by atoms with Gasteiger partial charge < -0.3 is 10.1 Å². The summed E-state index contributed by atoms with van der Waals surface area (Å²) in [5.41, 5.74) is 2.40. The van der Waals surface area contributed by atoms with Gasteiger partial charge in [0, 0.05) is 42.6 Å². The van der Waals surface area contributed by atoms with Gasteiger partial charge in [0.15, 0.2) is 0 Å². The molecule has 4 nitrogen and oxygen atoms in total. The first-order chi connectivity index (χ1) is 13.1. The number of rotatable bonds is 9. The predicted molar refractivity (Wildman–Crippen MR) is 112 cm³/mol. The lowest BCUT2D eigenvalue weighted by Gasteiger charge is -2.29. The van der Waals surface area contributed by atoms with E-state index in [1.807, 2.05) is 23.5 Å². The second-order valence-corrected chi connectivity index (χ2v) is 8.59. The molecule has 1 fully saturated rings. The Kier molecular flexibility index (Phi) is 7.05. The summed E-state index contributed by atoms with van der Waals surface area (Å²) in [5, 5.41) is 4.99. The van der Waals surface area contributed by atoms with Crippen molar-refractivity contribution in [3.05, 3.63) is 52.2 Å². The summed E-state index contributed by atoms with van der Waals surface area (Å²) in [6.07, 6.45) is 3.53. The van der Waals surface area contributed by atoms with E-state index < -0.39 is 0 Å². The summed E-state index contributed by atoms with van der Waals surface area (Å²) in [4.78, 5) is 15.2. The number of hydrogen-bond donors (Lipinski definition) is 1. The summed E-state index contributed by atoms with van der Waals surface area (Å²) >= 11 is 1.85. The van der Waals surface area contributed by atoms with Gasteiger partial charge in [-0.15, -0.1) is 11.3 Å². The minimum absolute atomic E-state index is 0.0336. The fourth-order valence-corrected chi connectivity index (χ4v) is 4.58. The number of carbonyl (C=O) groups is 1. The quantitative estimate of drug-likeness (QED) is 0.686. The van der Waals surface area contributed by atoms with Crippen LogP contribution in [0.15, 0.2) is 41.8 Å². The number of nitrogens with one attached hydrogen (secondary N) is 1. The van der Waals surface area contributed by atoms with Gasteiger partial charge in [0.2, 0.25) is 5.91 Å². The molecule has 0 saturated carbocycles. The molecule has 0 aliphatic carbocycles. The van der Waals surface area contributed by atoms with Crippen molar-refractivity contribution >= 4 is 22.9 Å². The molecule has 0 unspecified atom stereocenters. The van der Waals surface area contributed by atoms with E-state index >= 15 is 0 Å². The number of aryl methyl sites for hydroxylation is 1. The highest BCUT2D eigenvalue weighted by atomic mass is 32.1. The first kappa shape index (κ1) is 20.1. The topological polar surface area (TPSA) is 41.6 Å². The van der Waals surface area contributed by atoms with Crippen molar-refractivity contribution in [3.8, 4) is 0 Å². The standard InChI is InChI=1S/C22H30N2O2S/c1-3-26-17-22(11-10-21-5-4-14-27-21)12-13-24(16-22)15-19-6-8-20(9-7-19)23-18(2)25/h4-9,14H,3,10-13,15-17H2,1-2H3,(H,23,25)/t22-/m0/s1. The molecule has 5 heteroatoms. The Balaban J connectivity index is 1.58. The van der Waals surface area contributed by atoms with Crippen molar-refractivity contribution in [2.75, 3.05) is 31.6 Å². The molecule has 2 aromatic rings. The van der Waals surface area contributed by atoms with Crippen LogP contribution in [0.25, 0.3) is 0 Å². The number of anilines is 1. The largest absolute Gasteiger partial charge is 0.381 e. The molecule has 0 bridgehead atoms. The summed E-state index contributed by atoms with van der Waals surface area (Å²) in [5.74, 6) is -0.0336. The summed E-state index contributed by atoms with van der Waals surface area (Å²) in [7, 11) is 0. The van der Waals surface area contributed by atoms with Crippen molar-refractivity contribution in [2.45, 2.75) is 39.7 Å². The number of nitrogens with zero attached hydrogens (tertiary/aromatic N) is 1. The SMILES string of the molecule is CCOC[C@@]1(CCc2cccs2)CCN(Cc2ccc(NC(C)=O)cc2)C1. The number of likely N-dealkylation sites (tertiary alicyclic amines) is 1. The van der Waals surface area contributed by atoms with E-state index in [0.717, 1.165) is 45.0 Å². The molecule has 3 rings (SSSR count). The van der Waals surface area contributed by atoms with Gasteiger partial charge >= 0.3 is 0 Å². The van der Waals surface area contributed by atoms with Gasteiger partial charge in [0.05, 0.1) is 6.61 Å². The van der Waals surface area contributed by atoms with Gasteiger partial charge in [-0.1, -0.05) is 18.2 Å². The number of hydrogen-bond acceptors (Lipinski definition) is 4. The first-order valence-electron chi connectivity index (χ1n) is 9.78. The Labute approximate surface area is 166 Å². The average Bonchev–Trinajstić information content (AvgIpc) is 3.30. The van der Waals surface area contributed by atoms with Crippen LogP contribution in [-0.4, -0.2) is 37.1 Å². The average molecular weight is 387 g/mol. The zero-order valence-corrected chi connectivity index (χ0v) is 17.2. The van der Waals surface area contributed by atoms with E-state index in [2.05, 4.69) is 46.8 Å². The van der Waals surface area contributed by atoms with E-state index in [0.29, 0.717) is 0 Å². The molecule has 0 spiro atoms. The van der Waals surface area contributed by atoms with Crippen molar-refractivity contribution < 1.29 is 9.53 Å². The maximum Gasteiger partial charge on any atom is 0.221 e. The highest BCUT2D eigenvalue weighted by molar-refractivity contribution is 7.09. The minimum atomic E-state index is -0.0336. The number of amides is 1. The lowest BCUT2D eigenvalue weighted by atomic mass is 9.83. The Morgan fingerprint density at radius 2 is 2.11 bits per heavy atom. The Morgan fingerprint density at radius 3 is 2.78 bits per heavy atom. The molecule has 1 atom stereocenters. The van der Waals surface area contributed by atoms with Gasteiger partial charge in [-0.25, -0.2) is 0 Å². The molecule has 146 valence electrons. The van der Waals surface area contributed by atoms with Crippen LogP contribution in [-0.2, 0) is 22.5 Å². The molecule has 1 aromatic carbocycles. The second-order valence-electron chi connectivity index (χ2n) is 7.56. The zero-order valence-electron chi connectivity index (χ0n) is 16.4. The number of carbonyl (C=O) groups excluding carboxylic acids is 1. The van der Waals surface area contributed by atoms with Crippen molar-refractivity contribution in [1.29, 1.82) is 0 Å². The highest BCUT2D eigenvalue weighted by Crippen LogP contribution is 2.37. The zero-order chi connectivity index (χ0) is 19.1. The third-order valence-corrected chi connectivity index (χ3v) is 6.23. The minimum Gasteiger partial charge on any atom is -0.381 e. The van der Waals surface area contributed by atoms with Crippen molar-refractivity contribution in [1.82, 2.24) is 4.90 Å². The summed E-state index contributed by atoms with van der Waals surface area (Å²) in [6, 6.07) is 12.6. The molecule has 1 saturated heterocycles. The van der Waals surface area contributed by atoms with Crippen LogP contribution in [0.1, 0.15) is 37.1 Å². The van der Waals surface area contributed by atoms with E-state index in [9.17, 15) is 4.79 Å². The van der Waals surface area contributed by atoms with Crippen LogP contribution < -0.4 is 5.32 Å². The Hall–Kier alpha value is -1.69. The van der Waals surface area contributed by atoms with Gasteiger partial charge in [-0.2, -0.15) is 0 Å². The molecule has 1 aromatic heterocycles. The Morgan fingerprint density at radius 1 is 1.30 bits per heavy atom. The molecule has 2 heterocycles. The summed E-state index contributed by atoms with van der Waals surface area (Å²) in [6.45, 7) is 8.41. The van der Waals surface area contributed by atoms with E-state index in [1.54, 1.807) is 0 Å². The maximum atomic E-state index is 11.2. The van der Waals surface area contributed by atoms with Gasteiger partial charge in [0.1, 0.15) is 0 Å². The molecule has 1 amide bonds. The van der Waals surface area contributed by atoms with Gasteiger partial charge in [0.25, 0.3) is 0 Å². The van der Waals surface area contributed by atoms with Crippen molar-refractivity contribution in [3.63, 3.8) is 0 Å². The molecule has 1 aliphatic heterocycles. The van der Waals surface area contributed by atoms with Crippen molar-refractivity contribution in [2.24, 2.45) is 5.41 Å². The number of benzene rings is 1. The maximum absolute atomic E-state index is 11.2. The lowest BCUT2D eigenvalue weighted by Crippen LogP contribution is -2.32. The fraction of sp³-hybridized carbons (Fsp3) is 0.500. The van der Waals surface area contributed by atoms with Gasteiger partial charge in [-0.3, -0.25) is 9.69 Å². The van der Waals surface area contributed by atoms with E-state index in [-0.39, 0.29) is 11.3 Å². The monoisotopic (exact) mass is 386 g/mol. The normalized spacial score (nSPS) is 20.1. The third-order valence-electron chi connectivity index (χ3n) is 5.29. The van der Waals surface area contributed by atoms with E-state index in [4.69, 9.17) is 4.74 Å². The second kappa shape index (κ2) is 9.49. The molecule has 27 heavy (non-hydrogen) atoms. The number of thiophene rings is 1. The van der Waals surface area contributed by atoms with Crippen LogP contribution >= 0.6 is 11.3 Å². The van der Waals surface area contributed by atoms with Crippen LogP contribution in [0.3, 0.4) is 0 Å². The Bertz CT molecular complexity index is 714. The van der Waals surface area contributed by atoms with E-state index in [1.165, 1.54) is 30.2 Å². The third kappa shape index (κ3) is 5.89. The van der Waals surface area contributed by atoms with Crippen LogP contribution in [0.5, 0.6) is 0 Å². The number of ether oxygens (including phenoxy) is 1. The molecule has 1 aliphatic rings. The first-order valence-corrected chi connectivity index (χ1v) is 10.7. The molecule has 1 N–H and O–H groups in total. The van der Waals surface area contributed by atoms with Crippen LogP contribution in [0, 0.1) is 5.41 Å². The molecule has 0 radical (unpaired) electrons. The van der Waals surface area contributed by atoms with Crippen LogP contribution in [0.2, 0.25) is 0 Å². The van der Waals surface area contributed by atoms with Crippen LogP contribution in [0.4, 0.5) is 5.69 Å². The highest BCUT2D eigenvalue weighted by Gasteiger charge is 2.37. The fourth-order valence-electron chi connectivity index (χ4n) is 3.87. The predicted octanol–water partition coefficient (Wildman–Crippen LogP) is 4.57. The smallest absolute Gasteiger partial charge is 0.221 e. The molecular formula is C22H30N2O2S. The summed E-state index contributed by atoms with van der Waals surface area (Å²) < 4.78 is 5.88.